The number of rotatable bonds is 7. The third-order valence-electron chi connectivity index (χ3n) is 4.03. The van der Waals surface area contributed by atoms with E-state index in [9.17, 15) is 18.0 Å². The fraction of sp³-hybridized carbons (Fsp3) is 0.300. The quantitative estimate of drug-likeness (QED) is 0.487. The highest BCUT2D eigenvalue weighted by Crippen LogP contribution is 2.29. The fourth-order valence-corrected chi connectivity index (χ4v) is 2.39. The molecule has 3 N–H and O–H groups in total. The molecule has 6 nitrogen and oxygen atoms in total. The van der Waals surface area contributed by atoms with Crippen molar-refractivity contribution in [3.63, 3.8) is 0 Å². The second-order valence-corrected chi connectivity index (χ2v) is 6.10. The van der Waals surface area contributed by atoms with Gasteiger partial charge in [0, 0.05) is 20.1 Å². The summed E-state index contributed by atoms with van der Waals surface area (Å²) in [4.78, 5) is 16.0. The van der Waals surface area contributed by atoms with E-state index in [1.165, 1.54) is 19.2 Å². The number of carbonyl (C=O) groups is 1. The van der Waals surface area contributed by atoms with Gasteiger partial charge in [-0.1, -0.05) is 24.3 Å². The van der Waals surface area contributed by atoms with Crippen molar-refractivity contribution in [2.24, 2.45) is 4.99 Å². The van der Waals surface area contributed by atoms with Crippen molar-refractivity contribution in [2.75, 3.05) is 20.7 Å². The van der Waals surface area contributed by atoms with Gasteiger partial charge in [0.05, 0.1) is 19.2 Å². The van der Waals surface area contributed by atoms with Gasteiger partial charge in [-0.3, -0.25) is 9.79 Å². The predicted molar refractivity (Wildman–Crippen MR) is 104 cm³/mol. The van der Waals surface area contributed by atoms with E-state index < -0.39 is 11.7 Å². The van der Waals surface area contributed by atoms with Gasteiger partial charge in [0.25, 0.3) is 0 Å². The van der Waals surface area contributed by atoms with E-state index in [0.29, 0.717) is 18.1 Å². The number of nitrogens with zero attached hydrogens (tertiary/aromatic N) is 1. The zero-order chi connectivity index (χ0) is 21.3. The van der Waals surface area contributed by atoms with Crippen LogP contribution in [0.15, 0.2) is 53.5 Å². The van der Waals surface area contributed by atoms with Gasteiger partial charge in [-0.2, -0.15) is 13.2 Å². The molecule has 0 unspecified atom stereocenters. The molecular formula is C20H23F3N4O2. The highest BCUT2D eigenvalue weighted by molar-refractivity contribution is 5.86. The van der Waals surface area contributed by atoms with Crippen LogP contribution in [0.3, 0.4) is 0 Å². The Morgan fingerprint density at radius 3 is 2.00 bits per heavy atom. The number of ether oxygens (including phenoxy) is 1. The number of nitrogens with one attached hydrogen (secondary N) is 3. The Morgan fingerprint density at radius 2 is 1.48 bits per heavy atom. The molecule has 0 heterocycles. The summed E-state index contributed by atoms with van der Waals surface area (Å²) in [6.45, 7) is 0.649. The SMILES string of the molecule is CN=C(NCC(=O)NCc1ccc(OC)cc1)NCc1ccc(C(F)(F)F)cc1. The van der Waals surface area contributed by atoms with Gasteiger partial charge >= 0.3 is 6.18 Å². The average molecular weight is 408 g/mol. The molecule has 0 aliphatic heterocycles. The van der Waals surface area contributed by atoms with E-state index in [2.05, 4.69) is 20.9 Å². The maximum absolute atomic E-state index is 12.6. The fourth-order valence-electron chi connectivity index (χ4n) is 2.39. The number of halogens is 3. The summed E-state index contributed by atoms with van der Waals surface area (Å²) in [6, 6.07) is 12.2. The monoisotopic (exact) mass is 408 g/mol. The standard InChI is InChI=1S/C20H23F3N4O2/c1-24-19(26-12-14-3-7-16(8-4-14)20(21,22)23)27-13-18(28)25-11-15-5-9-17(29-2)10-6-15/h3-10H,11-13H2,1-2H3,(H,25,28)(H2,24,26,27). The minimum atomic E-state index is -4.36. The molecule has 2 rings (SSSR count). The molecule has 9 heteroatoms. The first-order valence-corrected chi connectivity index (χ1v) is 8.82. The van der Waals surface area contributed by atoms with Gasteiger partial charge in [0.2, 0.25) is 5.91 Å². The van der Waals surface area contributed by atoms with E-state index >= 15 is 0 Å². The molecule has 0 spiro atoms. The molecular weight excluding hydrogens is 385 g/mol. The zero-order valence-electron chi connectivity index (χ0n) is 16.1. The van der Waals surface area contributed by atoms with Crippen molar-refractivity contribution in [2.45, 2.75) is 19.3 Å². The molecule has 0 bridgehead atoms. The first kappa shape index (κ1) is 22.1. The Bertz CT molecular complexity index is 819. The van der Waals surface area contributed by atoms with Gasteiger partial charge < -0.3 is 20.7 Å². The average Bonchev–Trinajstić information content (AvgIpc) is 2.72. The van der Waals surface area contributed by atoms with Crippen molar-refractivity contribution in [3.05, 3.63) is 65.2 Å². The number of guanidine groups is 1. The third kappa shape index (κ3) is 7.36. The van der Waals surface area contributed by atoms with Crippen LogP contribution in [0.5, 0.6) is 5.75 Å². The highest BCUT2D eigenvalue weighted by atomic mass is 19.4. The number of alkyl halides is 3. The number of aliphatic imine (C=N–C) groups is 1. The zero-order valence-corrected chi connectivity index (χ0v) is 16.1. The Labute approximate surface area is 167 Å². The largest absolute Gasteiger partial charge is 0.497 e. The number of methoxy groups -OCH3 is 1. The topological polar surface area (TPSA) is 74.8 Å². The summed E-state index contributed by atoms with van der Waals surface area (Å²) in [5.41, 5.74) is 0.895. The Hall–Kier alpha value is -3.23. The van der Waals surface area contributed by atoms with Crippen molar-refractivity contribution < 1.29 is 22.7 Å². The van der Waals surface area contributed by atoms with Crippen molar-refractivity contribution in [1.29, 1.82) is 0 Å². The van der Waals surface area contributed by atoms with Crippen LogP contribution in [-0.2, 0) is 24.1 Å². The molecule has 0 saturated heterocycles. The molecule has 2 aromatic carbocycles. The van der Waals surface area contributed by atoms with Crippen LogP contribution in [-0.4, -0.2) is 32.6 Å². The van der Waals surface area contributed by atoms with Crippen LogP contribution in [0.4, 0.5) is 13.2 Å². The molecule has 29 heavy (non-hydrogen) atoms. The van der Waals surface area contributed by atoms with E-state index in [1.54, 1.807) is 7.11 Å². The molecule has 0 fully saturated rings. The van der Waals surface area contributed by atoms with Gasteiger partial charge in [-0.25, -0.2) is 0 Å². The first-order valence-electron chi connectivity index (χ1n) is 8.82. The normalized spacial score (nSPS) is 11.7. The molecule has 0 aromatic heterocycles. The Kier molecular flexibility index (Phi) is 7.88. The van der Waals surface area contributed by atoms with E-state index in [4.69, 9.17) is 4.74 Å². The Morgan fingerprint density at radius 1 is 0.931 bits per heavy atom. The molecule has 0 aliphatic carbocycles. The van der Waals surface area contributed by atoms with E-state index in [1.807, 2.05) is 24.3 Å². The number of amides is 1. The summed E-state index contributed by atoms with van der Waals surface area (Å²) in [5, 5.41) is 8.58. The Balaban J connectivity index is 1.74. The summed E-state index contributed by atoms with van der Waals surface area (Å²) in [5.74, 6) is 0.882. The van der Waals surface area contributed by atoms with Crippen LogP contribution in [0.1, 0.15) is 16.7 Å². The summed E-state index contributed by atoms with van der Waals surface area (Å²) < 4.78 is 42.8. The smallest absolute Gasteiger partial charge is 0.416 e. The van der Waals surface area contributed by atoms with Crippen molar-refractivity contribution in [3.8, 4) is 5.75 Å². The van der Waals surface area contributed by atoms with E-state index in [0.717, 1.165) is 23.4 Å². The number of benzene rings is 2. The summed E-state index contributed by atoms with van der Waals surface area (Å²) in [7, 11) is 3.12. The van der Waals surface area contributed by atoms with Gasteiger partial charge in [-0.05, 0) is 35.4 Å². The first-order chi connectivity index (χ1) is 13.8. The van der Waals surface area contributed by atoms with Crippen LogP contribution < -0.4 is 20.7 Å². The van der Waals surface area contributed by atoms with Crippen LogP contribution >= 0.6 is 0 Å². The maximum Gasteiger partial charge on any atom is 0.416 e. The van der Waals surface area contributed by atoms with Gasteiger partial charge in [-0.15, -0.1) is 0 Å². The number of hydrogen-bond donors (Lipinski definition) is 3. The summed E-state index contributed by atoms with van der Waals surface area (Å²) >= 11 is 0. The molecule has 0 saturated carbocycles. The van der Waals surface area contributed by atoms with Crippen LogP contribution in [0, 0.1) is 0 Å². The minimum absolute atomic E-state index is 0.00282. The minimum Gasteiger partial charge on any atom is -0.497 e. The van der Waals surface area contributed by atoms with Crippen molar-refractivity contribution >= 4 is 11.9 Å². The molecule has 0 aliphatic rings. The molecule has 2 aromatic rings. The highest BCUT2D eigenvalue weighted by Gasteiger charge is 2.29. The lowest BCUT2D eigenvalue weighted by Crippen LogP contribution is -2.42. The maximum atomic E-state index is 12.6. The second kappa shape index (κ2) is 10.4. The van der Waals surface area contributed by atoms with Gasteiger partial charge in [0.1, 0.15) is 5.75 Å². The lowest BCUT2D eigenvalue weighted by molar-refractivity contribution is -0.137. The molecule has 156 valence electrons. The van der Waals surface area contributed by atoms with E-state index in [-0.39, 0.29) is 19.0 Å². The second-order valence-electron chi connectivity index (χ2n) is 6.10. The molecule has 0 radical (unpaired) electrons. The number of hydrogen-bond acceptors (Lipinski definition) is 3. The molecule has 0 atom stereocenters. The number of carbonyl (C=O) groups excluding carboxylic acids is 1. The van der Waals surface area contributed by atoms with Crippen molar-refractivity contribution in [1.82, 2.24) is 16.0 Å². The lowest BCUT2D eigenvalue weighted by atomic mass is 10.1. The third-order valence-corrected chi connectivity index (χ3v) is 4.03. The summed E-state index contributed by atoms with van der Waals surface area (Å²) in [6.07, 6.45) is -4.36. The van der Waals surface area contributed by atoms with Gasteiger partial charge in [0.15, 0.2) is 5.96 Å². The lowest BCUT2D eigenvalue weighted by Gasteiger charge is -2.13. The predicted octanol–water partition coefficient (Wildman–Crippen LogP) is 2.70. The van der Waals surface area contributed by atoms with Crippen LogP contribution in [0.25, 0.3) is 0 Å². The van der Waals surface area contributed by atoms with Crippen LogP contribution in [0.2, 0.25) is 0 Å². The molecule has 1 amide bonds.